The minimum atomic E-state index is -0.276. The van der Waals surface area contributed by atoms with Crippen LogP contribution in [0.1, 0.15) is 37.7 Å². The third-order valence-corrected chi connectivity index (χ3v) is 4.94. The summed E-state index contributed by atoms with van der Waals surface area (Å²) in [6.45, 7) is 0.559. The van der Waals surface area contributed by atoms with E-state index in [9.17, 15) is 9.90 Å². The molecule has 1 aliphatic carbocycles. The Morgan fingerprint density at radius 1 is 1.29 bits per heavy atom. The van der Waals surface area contributed by atoms with Gasteiger partial charge in [-0.2, -0.15) is 0 Å². The van der Waals surface area contributed by atoms with E-state index in [1.165, 1.54) is 0 Å². The molecule has 21 heavy (non-hydrogen) atoms. The lowest BCUT2D eigenvalue weighted by Crippen LogP contribution is -2.36. The van der Waals surface area contributed by atoms with Crippen molar-refractivity contribution in [3.63, 3.8) is 0 Å². The van der Waals surface area contributed by atoms with Crippen molar-refractivity contribution >= 4 is 29.1 Å². The van der Waals surface area contributed by atoms with Crippen LogP contribution in [0.3, 0.4) is 0 Å². The first-order chi connectivity index (χ1) is 10.1. The molecule has 0 bridgehead atoms. The van der Waals surface area contributed by atoms with E-state index in [2.05, 4.69) is 5.32 Å². The third kappa shape index (κ3) is 4.87. The maximum atomic E-state index is 11.9. The van der Waals surface area contributed by atoms with Crippen molar-refractivity contribution in [2.24, 2.45) is 5.92 Å². The molecule has 3 nitrogen and oxygen atoms in total. The van der Waals surface area contributed by atoms with Gasteiger partial charge in [0.15, 0.2) is 0 Å². The summed E-state index contributed by atoms with van der Waals surface area (Å²) in [5.41, 5.74) is 0.886. The fourth-order valence-corrected chi connectivity index (χ4v) is 3.16. The molecule has 2 rings (SSSR count). The van der Waals surface area contributed by atoms with Crippen molar-refractivity contribution in [1.82, 2.24) is 5.32 Å². The van der Waals surface area contributed by atoms with Crippen LogP contribution >= 0.6 is 23.2 Å². The number of amides is 1. The molecule has 0 aliphatic heterocycles. The molecule has 2 N–H and O–H groups in total. The molecule has 1 aromatic carbocycles. The zero-order chi connectivity index (χ0) is 15.2. The van der Waals surface area contributed by atoms with Crippen molar-refractivity contribution < 1.29 is 9.90 Å². The minimum absolute atomic E-state index is 0.0104. The Bertz CT molecular complexity index is 493. The lowest BCUT2D eigenvalue weighted by Gasteiger charge is -2.27. The Hall–Kier alpha value is -0.770. The maximum Gasteiger partial charge on any atom is 0.220 e. The minimum Gasteiger partial charge on any atom is -0.393 e. The number of benzene rings is 1. The average molecular weight is 330 g/mol. The van der Waals surface area contributed by atoms with Gasteiger partial charge in [-0.25, -0.2) is 0 Å². The Labute approximate surface area is 135 Å². The predicted molar refractivity (Wildman–Crippen MR) is 85.8 cm³/mol. The third-order valence-electron chi connectivity index (χ3n) is 4.08. The lowest BCUT2D eigenvalue weighted by molar-refractivity contribution is -0.121. The number of carbonyl (C=O) groups excluding carboxylic acids is 1. The van der Waals surface area contributed by atoms with Crippen molar-refractivity contribution in [3.05, 3.63) is 33.8 Å². The second-order valence-electron chi connectivity index (χ2n) is 5.63. The SMILES string of the molecule is O=C(CCc1cccc(Cl)c1Cl)NC[C@H]1CCCC[C@@H]1O. The monoisotopic (exact) mass is 329 g/mol. The molecule has 1 amide bonds. The molecule has 1 fully saturated rings. The number of carbonyl (C=O) groups is 1. The van der Waals surface area contributed by atoms with E-state index in [1.54, 1.807) is 6.07 Å². The highest BCUT2D eigenvalue weighted by Crippen LogP contribution is 2.26. The number of hydrogen-bond donors (Lipinski definition) is 2. The molecular weight excluding hydrogens is 309 g/mol. The van der Waals surface area contributed by atoms with E-state index in [0.29, 0.717) is 29.4 Å². The van der Waals surface area contributed by atoms with Gasteiger partial charge >= 0.3 is 0 Å². The number of aliphatic hydroxyl groups is 1. The molecule has 0 heterocycles. The van der Waals surface area contributed by atoms with Crippen molar-refractivity contribution in [2.75, 3.05) is 6.54 Å². The first-order valence-electron chi connectivity index (χ1n) is 7.45. The summed E-state index contributed by atoms with van der Waals surface area (Å²) in [4.78, 5) is 11.9. The van der Waals surface area contributed by atoms with Crippen molar-refractivity contribution in [1.29, 1.82) is 0 Å². The van der Waals surface area contributed by atoms with Gasteiger partial charge in [-0.3, -0.25) is 4.79 Å². The van der Waals surface area contributed by atoms with E-state index in [0.717, 1.165) is 31.2 Å². The van der Waals surface area contributed by atoms with Crippen molar-refractivity contribution in [3.8, 4) is 0 Å². The van der Waals surface area contributed by atoms with Crippen LogP contribution in [0.2, 0.25) is 10.0 Å². The van der Waals surface area contributed by atoms with Crippen molar-refractivity contribution in [2.45, 2.75) is 44.6 Å². The van der Waals surface area contributed by atoms with Gasteiger partial charge in [0.05, 0.1) is 16.1 Å². The van der Waals surface area contributed by atoms with Crippen LogP contribution in [-0.4, -0.2) is 23.7 Å². The maximum absolute atomic E-state index is 11.9. The molecule has 0 saturated heterocycles. The van der Waals surface area contributed by atoms with Gasteiger partial charge in [-0.1, -0.05) is 48.2 Å². The zero-order valence-corrected chi connectivity index (χ0v) is 13.5. The molecule has 1 aliphatic rings. The fraction of sp³-hybridized carbons (Fsp3) is 0.562. The summed E-state index contributed by atoms with van der Waals surface area (Å²) in [7, 11) is 0. The summed E-state index contributed by atoms with van der Waals surface area (Å²) in [6.07, 6.45) is 4.72. The van der Waals surface area contributed by atoms with Crippen LogP contribution in [0, 0.1) is 5.92 Å². The summed E-state index contributed by atoms with van der Waals surface area (Å²) in [5.74, 6) is 0.182. The molecule has 0 spiro atoms. The molecule has 0 aromatic heterocycles. The number of rotatable bonds is 5. The standard InChI is InChI=1S/C16H21Cl2NO2/c17-13-6-3-5-11(16(13)18)8-9-15(21)19-10-12-4-1-2-7-14(12)20/h3,5-6,12,14,20H,1-2,4,7-10H2,(H,19,21)/t12-,14+/m1/s1. The quantitative estimate of drug-likeness (QED) is 0.867. The highest BCUT2D eigenvalue weighted by Gasteiger charge is 2.23. The summed E-state index contributed by atoms with van der Waals surface area (Å²) >= 11 is 12.0. The molecule has 0 radical (unpaired) electrons. The molecule has 116 valence electrons. The topological polar surface area (TPSA) is 49.3 Å². The Balaban J connectivity index is 1.76. The fourth-order valence-electron chi connectivity index (χ4n) is 2.75. The second kappa shape index (κ2) is 8.02. The van der Waals surface area contributed by atoms with E-state index >= 15 is 0 Å². The van der Waals surface area contributed by atoms with Gasteiger partial charge < -0.3 is 10.4 Å². The molecule has 1 aromatic rings. The average Bonchev–Trinajstić information content (AvgIpc) is 2.48. The number of aliphatic hydroxyl groups excluding tert-OH is 1. The highest BCUT2D eigenvalue weighted by molar-refractivity contribution is 6.42. The Kier molecular flexibility index (Phi) is 6.34. The van der Waals surface area contributed by atoms with Crippen LogP contribution < -0.4 is 5.32 Å². The summed E-state index contributed by atoms with van der Waals surface area (Å²) in [6, 6.07) is 5.45. The van der Waals surface area contributed by atoms with Crippen LogP contribution in [0.15, 0.2) is 18.2 Å². The van der Waals surface area contributed by atoms with E-state index in [1.807, 2.05) is 12.1 Å². The Morgan fingerprint density at radius 3 is 2.81 bits per heavy atom. The van der Waals surface area contributed by atoms with Gasteiger partial charge in [0.2, 0.25) is 5.91 Å². The molecule has 2 atom stereocenters. The first-order valence-corrected chi connectivity index (χ1v) is 8.21. The molecule has 0 unspecified atom stereocenters. The van der Waals surface area contributed by atoms with Gasteiger partial charge in [0.25, 0.3) is 0 Å². The van der Waals surface area contributed by atoms with Gasteiger partial charge in [-0.15, -0.1) is 0 Å². The second-order valence-corrected chi connectivity index (χ2v) is 6.41. The number of hydrogen-bond acceptors (Lipinski definition) is 2. The molecule has 1 saturated carbocycles. The van der Waals surface area contributed by atoms with Crippen LogP contribution in [0.25, 0.3) is 0 Å². The van der Waals surface area contributed by atoms with E-state index < -0.39 is 0 Å². The van der Waals surface area contributed by atoms with Crippen LogP contribution in [-0.2, 0) is 11.2 Å². The molecular formula is C16H21Cl2NO2. The Morgan fingerprint density at radius 2 is 2.05 bits per heavy atom. The number of aryl methyl sites for hydroxylation is 1. The largest absolute Gasteiger partial charge is 0.393 e. The highest BCUT2D eigenvalue weighted by atomic mass is 35.5. The van der Waals surface area contributed by atoms with E-state index in [4.69, 9.17) is 23.2 Å². The van der Waals surface area contributed by atoms with Gasteiger partial charge in [0.1, 0.15) is 0 Å². The van der Waals surface area contributed by atoms with Gasteiger partial charge in [-0.05, 0) is 30.9 Å². The molecule has 5 heteroatoms. The number of nitrogens with one attached hydrogen (secondary N) is 1. The number of halogens is 2. The summed E-state index contributed by atoms with van der Waals surface area (Å²) in [5, 5.41) is 13.8. The lowest BCUT2D eigenvalue weighted by atomic mass is 9.86. The normalized spacial score (nSPS) is 22.0. The summed E-state index contributed by atoms with van der Waals surface area (Å²) < 4.78 is 0. The van der Waals surface area contributed by atoms with Gasteiger partial charge in [0, 0.05) is 18.9 Å². The smallest absolute Gasteiger partial charge is 0.220 e. The predicted octanol–water partition coefficient (Wildman–Crippen LogP) is 3.59. The first kappa shape index (κ1) is 16.6. The zero-order valence-electron chi connectivity index (χ0n) is 11.9. The van der Waals surface area contributed by atoms with Crippen LogP contribution in [0.4, 0.5) is 0 Å². The van der Waals surface area contributed by atoms with Crippen LogP contribution in [0.5, 0.6) is 0 Å². The van der Waals surface area contributed by atoms with E-state index in [-0.39, 0.29) is 17.9 Å².